The molecule has 0 spiro atoms. The first kappa shape index (κ1) is 16.5. The van der Waals surface area contributed by atoms with Crippen molar-refractivity contribution in [2.45, 2.75) is 31.9 Å². The van der Waals surface area contributed by atoms with Crippen LogP contribution in [-0.2, 0) is 4.74 Å². The van der Waals surface area contributed by atoms with E-state index in [9.17, 15) is 10.1 Å². The van der Waals surface area contributed by atoms with Crippen LogP contribution in [0.15, 0.2) is 18.3 Å². The molecule has 0 bridgehead atoms. The number of hydrogen-bond acceptors (Lipinski definition) is 5. The lowest BCUT2D eigenvalue weighted by atomic mass is 10.1. The molecule has 2 saturated heterocycles. The zero-order valence-electron chi connectivity index (χ0n) is 13.9. The van der Waals surface area contributed by atoms with Crippen LogP contribution in [0.1, 0.15) is 25.3 Å². The molecule has 0 aliphatic carbocycles. The normalized spacial score (nSPS) is 22.1. The fourth-order valence-electron chi connectivity index (χ4n) is 3.23. The third-order valence-corrected chi connectivity index (χ3v) is 4.65. The average molecular weight is 329 g/mol. The molecule has 3 heterocycles. The van der Waals surface area contributed by atoms with E-state index in [0.29, 0.717) is 37.6 Å². The lowest BCUT2D eigenvalue weighted by Crippen LogP contribution is -2.54. The molecule has 3 rings (SSSR count). The molecule has 2 unspecified atom stereocenters. The van der Waals surface area contributed by atoms with Crippen LogP contribution in [-0.4, -0.2) is 60.8 Å². The number of nitrogens with one attached hydrogen (secondary N) is 1. The summed E-state index contributed by atoms with van der Waals surface area (Å²) in [7, 11) is 0. The standard InChI is InChI=1S/C17H23N5O2/c1-13(15-5-3-11-24-15)20-17(23)22-9-7-21(8-10-22)16-14(12-18)4-2-6-19-16/h2,4,6,13,15H,3,5,7-11H2,1H3,(H,20,23). The molecule has 2 aliphatic rings. The summed E-state index contributed by atoms with van der Waals surface area (Å²) in [4.78, 5) is 20.6. The predicted octanol–water partition coefficient (Wildman–Crippen LogP) is 1.35. The van der Waals surface area contributed by atoms with Gasteiger partial charge in [-0.15, -0.1) is 0 Å². The highest BCUT2D eigenvalue weighted by Gasteiger charge is 2.27. The number of carbonyl (C=O) groups is 1. The second-order valence-corrected chi connectivity index (χ2v) is 6.25. The Kier molecular flexibility index (Phi) is 5.16. The molecular formula is C17H23N5O2. The van der Waals surface area contributed by atoms with Gasteiger partial charge in [0.15, 0.2) is 0 Å². The van der Waals surface area contributed by atoms with E-state index < -0.39 is 0 Å². The summed E-state index contributed by atoms with van der Waals surface area (Å²) in [6, 6.07) is 5.69. The number of ether oxygens (including phenoxy) is 1. The van der Waals surface area contributed by atoms with Crippen molar-refractivity contribution in [2.75, 3.05) is 37.7 Å². The first-order valence-corrected chi connectivity index (χ1v) is 8.46. The number of urea groups is 1. The maximum Gasteiger partial charge on any atom is 0.317 e. The summed E-state index contributed by atoms with van der Waals surface area (Å²) in [6.07, 6.45) is 3.89. The minimum absolute atomic E-state index is 0.0269. The second-order valence-electron chi connectivity index (χ2n) is 6.25. The number of hydrogen-bond donors (Lipinski definition) is 1. The molecule has 7 nitrogen and oxygen atoms in total. The van der Waals surface area contributed by atoms with Crippen LogP contribution in [0, 0.1) is 11.3 Å². The van der Waals surface area contributed by atoms with Crippen LogP contribution in [0.3, 0.4) is 0 Å². The Bertz CT molecular complexity index is 616. The molecule has 24 heavy (non-hydrogen) atoms. The number of anilines is 1. The Hall–Kier alpha value is -2.33. The van der Waals surface area contributed by atoms with E-state index >= 15 is 0 Å². The summed E-state index contributed by atoms with van der Waals surface area (Å²) in [5.41, 5.74) is 0.572. The third kappa shape index (κ3) is 3.60. The number of nitrogens with zero attached hydrogens (tertiary/aromatic N) is 4. The number of carbonyl (C=O) groups excluding carboxylic acids is 1. The third-order valence-electron chi connectivity index (χ3n) is 4.65. The van der Waals surface area contributed by atoms with Crippen molar-refractivity contribution in [3.05, 3.63) is 23.9 Å². The zero-order chi connectivity index (χ0) is 16.9. The van der Waals surface area contributed by atoms with Gasteiger partial charge in [-0.05, 0) is 31.9 Å². The Morgan fingerprint density at radius 3 is 2.92 bits per heavy atom. The van der Waals surface area contributed by atoms with E-state index in [4.69, 9.17) is 4.74 Å². The summed E-state index contributed by atoms with van der Waals surface area (Å²) >= 11 is 0. The highest BCUT2D eigenvalue weighted by Crippen LogP contribution is 2.19. The van der Waals surface area contributed by atoms with Crippen LogP contribution in [0.4, 0.5) is 10.6 Å². The lowest BCUT2D eigenvalue weighted by Gasteiger charge is -2.36. The molecule has 1 aromatic rings. The van der Waals surface area contributed by atoms with Crippen molar-refractivity contribution in [1.82, 2.24) is 15.2 Å². The Labute approximate surface area is 142 Å². The number of pyridine rings is 1. The van der Waals surface area contributed by atoms with Gasteiger partial charge >= 0.3 is 6.03 Å². The Morgan fingerprint density at radius 1 is 1.46 bits per heavy atom. The smallest absolute Gasteiger partial charge is 0.317 e. The van der Waals surface area contributed by atoms with E-state index in [1.807, 2.05) is 11.8 Å². The van der Waals surface area contributed by atoms with Gasteiger partial charge in [0, 0.05) is 39.0 Å². The first-order chi connectivity index (χ1) is 11.7. The van der Waals surface area contributed by atoms with Gasteiger partial charge in [-0.3, -0.25) is 0 Å². The van der Waals surface area contributed by atoms with Crippen molar-refractivity contribution in [3.63, 3.8) is 0 Å². The van der Waals surface area contributed by atoms with Crippen molar-refractivity contribution >= 4 is 11.8 Å². The lowest BCUT2D eigenvalue weighted by molar-refractivity contribution is 0.0831. The fourth-order valence-corrected chi connectivity index (χ4v) is 3.23. The molecule has 0 aromatic carbocycles. The molecule has 7 heteroatoms. The number of amides is 2. The number of rotatable bonds is 3. The van der Waals surface area contributed by atoms with E-state index in [-0.39, 0.29) is 18.2 Å². The maximum absolute atomic E-state index is 12.4. The monoisotopic (exact) mass is 329 g/mol. The quantitative estimate of drug-likeness (QED) is 0.905. The summed E-state index contributed by atoms with van der Waals surface area (Å²) in [5.74, 6) is 0.702. The molecule has 2 amide bonds. The average Bonchev–Trinajstić information content (AvgIpc) is 3.16. The maximum atomic E-state index is 12.4. The van der Waals surface area contributed by atoms with Crippen molar-refractivity contribution in [3.8, 4) is 6.07 Å². The molecule has 2 fully saturated rings. The summed E-state index contributed by atoms with van der Waals surface area (Å²) < 4.78 is 5.62. The number of aromatic nitrogens is 1. The van der Waals surface area contributed by atoms with Gasteiger partial charge in [-0.2, -0.15) is 5.26 Å². The van der Waals surface area contributed by atoms with Gasteiger partial charge in [0.2, 0.25) is 0 Å². The predicted molar refractivity (Wildman–Crippen MR) is 89.7 cm³/mol. The molecule has 0 radical (unpaired) electrons. The SMILES string of the molecule is CC(NC(=O)N1CCN(c2ncccc2C#N)CC1)C1CCCO1. The van der Waals surface area contributed by atoms with Crippen LogP contribution in [0.2, 0.25) is 0 Å². The molecule has 0 saturated carbocycles. The van der Waals surface area contributed by atoms with Gasteiger partial charge in [-0.25, -0.2) is 9.78 Å². The highest BCUT2D eigenvalue weighted by molar-refractivity contribution is 5.75. The van der Waals surface area contributed by atoms with Crippen LogP contribution in [0.25, 0.3) is 0 Å². The second kappa shape index (κ2) is 7.49. The van der Waals surface area contributed by atoms with Crippen LogP contribution < -0.4 is 10.2 Å². The molecule has 2 aliphatic heterocycles. The topological polar surface area (TPSA) is 81.5 Å². The minimum Gasteiger partial charge on any atom is -0.376 e. The van der Waals surface area contributed by atoms with Crippen molar-refractivity contribution in [2.24, 2.45) is 0 Å². The Morgan fingerprint density at radius 2 is 2.25 bits per heavy atom. The molecular weight excluding hydrogens is 306 g/mol. The number of piperazine rings is 1. The molecule has 128 valence electrons. The van der Waals surface area contributed by atoms with Gasteiger partial charge in [0.25, 0.3) is 0 Å². The van der Waals surface area contributed by atoms with E-state index in [2.05, 4.69) is 21.3 Å². The van der Waals surface area contributed by atoms with Crippen molar-refractivity contribution in [1.29, 1.82) is 5.26 Å². The van der Waals surface area contributed by atoms with E-state index in [1.165, 1.54) is 0 Å². The highest BCUT2D eigenvalue weighted by atomic mass is 16.5. The van der Waals surface area contributed by atoms with Gasteiger partial charge < -0.3 is 19.9 Å². The summed E-state index contributed by atoms with van der Waals surface area (Å²) in [5, 5.41) is 12.2. The van der Waals surface area contributed by atoms with E-state index in [1.54, 1.807) is 18.3 Å². The summed E-state index contributed by atoms with van der Waals surface area (Å²) in [6.45, 7) is 5.37. The number of nitriles is 1. The first-order valence-electron chi connectivity index (χ1n) is 8.46. The van der Waals surface area contributed by atoms with Crippen LogP contribution in [0.5, 0.6) is 0 Å². The fraction of sp³-hybridized carbons (Fsp3) is 0.588. The minimum atomic E-state index is -0.0424. The van der Waals surface area contributed by atoms with Crippen LogP contribution >= 0.6 is 0 Å². The largest absolute Gasteiger partial charge is 0.376 e. The van der Waals surface area contributed by atoms with Crippen molar-refractivity contribution < 1.29 is 9.53 Å². The molecule has 1 N–H and O–H groups in total. The zero-order valence-corrected chi connectivity index (χ0v) is 13.9. The van der Waals surface area contributed by atoms with Gasteiger partial charge in [0.05, 0.1) is 17.7 Å². The van der Waals surface area contributed by atoms with E-state index in [0.717, 1.165) is 19.4 Å². The van der Waals surface area contributed by atoms with Gasteiger partial charge in [0.1, 0.15) is 11.9 Å². The van der Waals surface area contributed by atoms with Gasteiger partial charge in [-0.1, -0.05) is 0 Å². The Balaban J connectivity index is 1.53. The molecule has 1 aromatic heterocycles. The molecule has 2 atom stereocenters.